The van der Waals surface area contributed by atoms with Gasteiger partial charge < -0.3 is 19.4 Å². The van der Waals surface area contributed by atoms with Gasteiger partial charge in [0.1, 0.15) is 23.0 Å². The highest BCUT2D eigenvalue weighted by Gasteiger charge is 2.30. The number of methoxy groups -OCH3 is 1. The summed E-state index contributed by atoms with van der Waals surface area (Å²) in [6, 6.07) is 15.8. The van der Waals surface area contributed by atoms with Gasteiger partial charge >= 0.3 is 0 Å². The van der Waals surface area contributed by atoms with Crippen LogP contribution < -0.4 is 9.47 Å². The van der Waals surface area contributed by atoms with Crippen molar-refractivity contribution in [1.82, 2.24) is 20.1 Å². The lowest BCUT2D eigenvalue weighted by Gasteiger charge is -2.15. The van der Waals surface area contributed by atoms with Crippen LogP contribution in [-0.4, -0.2) is 52.8 Å². The average Bonchev–Trinajstić information content (AvgIpc) is 3.58. The molecule has 1 atom stereocenters. The number of rotatable bonds is 7. The van der Waals surface area contributed by atoms with Gasteiger partial charge in [0.05, 0.1) is 19.4 Å². The Bertz CT molecular complexity index is 1260. The minimum atomic E-state index is -0.326. The Balaban J connectivity index is 1.16. The molecule has 1 aliphatic heterocycles. The number of nitrogens with zero attached hydrogens (tertiary/aromatic N) is 2. The molecule has 2 N–H and O–H groups in total. The normalized spacial score (nSPS) is 15.8. The maximum absolute atomic E-state index is 13.4. The molecule has 1 saturated heterocycles. The molecule has 7 nitrogen and oxygen atoms in total. The third-order valence-corrected chi connectivity index (χ3v) is 6.06. The number of amides is 1. The summed E-state index contributed by atoms with van der Waals surface area (Å²) in [5.41, 5.74) is 3.07. The van der Waals surface area contributed by atoms with Gasteiger partial charge in [0.15, 0.2) is 0 Å². The lowest BCUT2D eigenvalue weighted by atomic mass is 10.0. The lowest BCUT2D eigenvalue weighted by Crippen LogP contribution is -2.28. The van der Waals surface area contributed by atoms with Crippen LogP contribution >= 0.6 is 0 Å². The Morgan fingerprint density at radius 1 is 1.15 bits per heavy atom. The maximum Gasteiger partial charge on any atom is 0.270 e. The van der Waals surface area contributed by atoms with Crippen molar-refractivity contribution in [2.24, 2.45) is 0 Å². The second-order valence-corrected chi connectivity index (χ2v) is 8.24. The van der Waals surface area contributed by atoms with Gasteiger partial charge in [0, 0.05) is 42.0 Å². The number of aromatic amines is 2. The second-order valence-electron chi connectivity index (χ2n) is 8.24. The van der Waals surface area contributed by atoms with Crippen LogP contribution in [0, 0.1) is 5.82 Å². The Morgan fingerprint density at radius 3 is 2.79 bits per heavy atom. The summed E-state index contributed by atoms with van der Waals surface area (Å²) in [5.74, 6) is 1.37. The zero-order valence-corrected chi connectivity index (χ0v) is 18.3. The molecule has 1 fully saturated rings. The molecular formula is C25H25FN4O3. The van der Waals surface area contributed by atoms with E-state index in [0.29, 0.717) is 37.3 Å². The van der Waals surface area contributed by atoms with Gasteiger partial charge in [0.25, 0.3) is 5.91 Å². The highest BCUT2D eigenvalue weighted by atomic mass is 19.1. The summed E-state index contributed by atoms with van der Waals surface area (Å²) in [6.45, 7) is 1.80. The first kappa shape index (κ1) is 21.1. The zero-order valence-electron chi connectivity index (χ0n) is 18.3. The van der Waals surface area contributed by atoms with Gasteiger partial charge in [-0.3, -0.25) is 9.89 Å². The minimum Gasteiger partial charge on any atom is -0.497 e. The summed E-state index contributed by atoms with van der Waals surface area (Å²) >= 11 is 0. The predicted octanol–water partition coefficient (Wildman–Crippen LogP) is 4.29. The molecule has 33 heavy (non-hydrogen) atoms. The third kappa shape index (κ3) is 4.55. The number of hydrogen-bond acceptors (Lipinski definition) is 4. The number of nitrogens with one attached hydrogen (secondary N) is 2. The molecule has 5 rings (SSSR count). The van der Waals surface area contributed by atoms with E-state index in [4.69, 9.17) is 9.47 Å². The molecule has 2 aromatic heterocycles. The molecule has 0 radical (unpaired) electrons. The first-order chi connectivity index (χ1) is 16.1. The molecule has 0 saturated carbocycles. The van der Waals surface area contributed by atoms with Crippen molar-refractivity contribution in [3.05, 3.63) is 77.5 Å². The Hall–Kier alpha value is -3.81. The van der Waals surface area contributed by atoms with Crippen LogP contribution in [-0.2, 0) is 6.42 Å². The fourth-order valence-electron chi connectivity index (χ4n) is 4.24. The number of hydrogen-bond donors (Lipinski definition) is 2. The highest BCUT2D eigenvalue weighted by molar-refractivity contribution is 5.98. The van der Waals surface area contributed by atoms with E-state index < -0.39 is 0 Å². The van der Waals surface area contributed by atoms with Crippen molar-refractivity contribution in [3.63, 3.8) is 0 Å². The van der Waals surface area contributed by atoms with Crippen molar-refractivity contribution < 1.29 is 18.7 Å². The van der Waals surface area contributed by atoms with E-state index >= 15 is 0 Å². The van der Waals surface area contributed by atoms with E-state index in [1.165, 1.54) is 12.1 Å². The van der Waals surface area contributed by atoms with Crippen molar-refractivity contribution in [2.75, 3.05) is 26.8 Å². The lowest BCUT2D eigenvalue weighted by molar-refractivity contribution is 0.0786. The van der Waals surface area contributed by atoms with E-state index in [1.54, 1.807) is 19.2 Å². The number of aromatic nitrogens is 3. The van der Waals surface area contributed by atoms with E-state index in [1.807, 2.05) is 29.2 Å². The van der Waals surface area contributed by atoms with Crippen molar-refractivity contribution in [2.45, 2.75) is 18.8 Å². The van der Waals surface area contributed by atoms with Gasteiger partial charge in [-0.05, 0) is 61.0 Å². The Kier molecular flexibility index (Phi) is 5.73. The van der Waals surface area contributed by atoms with Gasteiger partial charge in [0.2, 0.25) is 0 Å². The number of halogens is 1. The molecular weight excluding hydrogens is 423 g/mol. The second kappa shape index (κ2) is 8.97. The molecule has 8 heteroatoms. The topological polar surface area (TPSA) is 83.2 Å². The number of H-pyrrole nitrogens is 2. The molecule has 0 bridgehead atoms. The number of carbonyl (C=O) groups excluding carboxylic acids is 1. The summed E-state index contributed by atoms with van der Waals surface area (Å²) in [6.07, 6.45) is 1.56. The quantitative estimate of drug-likeness (QED) is 0.442. The van der Waals surface area contributed by atoms with E-state index in [2.05, 4.69) is 21.2 Å². The number of ether oxygens (including phenoxy) is 2. The van der Waals surface area contributed by atoms with Gasteiger partial charge in [-0.25, -0.2) is 4.39 Å². The predicted molar refractivity (Wildman–Crippen MR) is 122 cm³/mol. The summed E-state index contributed by atoms with van der Waals surface area (Å²) < 4.78 is 24.4. The Labute approximate surface area is 190 Å². The fourth-order valence-corrected chi connectivity index (χ4v) is 4.24. The van der Waals surface area contributed by atoms with Crippen molar-refractivity contribution in [1.29, 1.82) is 0 Å². The fraction of sp³-hybridized carbons (Fsp3) is 0.280. The molecule has 170 valence electrons. The van der Waals surface area contributed by atoms with Gasteiger partial charge in [-0.1, -0.05) is 0 Å². The zero-order chi connectivity index (χ0) is 22.8. The molecule has 1 amide bonds. The van der Waals surface area contributed by atoms with Crippen molar-refractivity contribution in [3.8, 4) is 11.5 Å². The smallest absolute Gasteiger partial charge is 0.270 e. The van der Waals surface area contributed by atoms with Crippen LogP contribution in [0.25, 0.3) is 10.9 Å². The van der Waals surface area contributed by atoms with E-state index in [9.17, 15) is 9.18 Å². The SMILES string of the molecule is COc1ccc(OCCc2cc([C@@H]3CCN(C(=O)c4cc5ccc(F)cc5[nH]4)C3)n[nH]2)cc1. The molecule has 1 aliphatic rings. The van der Waals surface area contributed by atoms with Crippen LogP contribution in [0.1, 0.15) is 34.2 Å². The standard InChI is InChI=1S/C25H25FN4O3/c1-32-20-4-6-21(7-5-20)33-11-9-19-14-23(29-28-19)17-8-10-30(15-17)25(31)24-12-16-2-3-18(26)13-22(16)27-24/h2-7,12-14,17,27H,8-11,15H2,1H3,(H,28,29)/t17-/m1/s1. The third-order valence-electron chi connectivity index (χ3n) is 6.06. The monoisotopic (exact) mass is 448 g/mol. The largest absolute Gasteiger partial charge is 0.497 e. The molecule has 0 aliphatic carbocycles. The summed E-state index contributed by atoms with van der Waals surface area (Å²) in [7, 11) is 1.63. The molecule has 4 aromatic rings. The maximum atomic E-state index is 13.4. The van der Waals surface area contributed by atoms with Crippen LogP contribution in [0.2, 0.25) is 0 Å². The van der Waals surface area contributed by atoms with Gasteiger partial charge in [-0.2, -0.15) is 5.10 Å². The molecule has 0 spiro atoms. The molecule has 2 aromatic carbocycles. The van der Waals surface area contributed by atoms with E-state index in [0.717, 1.165) is 34.7 Å². The summed E-state index contributed by atoms with van der Waals surface area (Å²) in [5, 5.41) is 8.39. The highest BCUT2D eigenvalue weighted by Crippen LogP contribution is 2.28. The number of likely N-dealkylation sites (tertiary alicyclic amines) is 1. The summed E-state index contributed by atoms with van der Waals surface area (Å²) in [4.78, 5) is 17.8. The average molecular weight is 448 g/mol. The molecule has 3 heterocycles. The number of carbonyl (C=O) groups is 1. The number of fused-ring (bicyclic) bond motifs is 1. The first-order valence-electron chi connectivity index (χ1n) is 11.0. The van der Waals surface area contributed by atoms with Crippen LogP contribution in [0.15, 0.2) is 54.6 Å². The van der Waals surface area contributed by atoms with Crippen LogP contribution in [0.3, 0.4) is 0 Å². The van der Waals surface area contributed by atoms with Crippen LogP contribution in [0.5, 0.6) is 11.5 Å². The number of benzene rings is 2. The first-order valence-corrected chi connectivity index (χ1v) is 11.0. The van der Waals surface area contributed by atoms with Crippen molar-refractivity contribution >= 4 is 16.8 Å². The van der Waals surface area contributed by atoms with Crippen LogP contribution in [0.4, 0.5) is 4.39 Å². The van der Waals surface area contributed by atoms with E-state index in [-0.39, 0.29) is 17.6 Å². The minimum absolute atomic E-state index is 0.0715. The Morgan fingerprint density at radius 2 is 1.97 bits per heavy atom. The van der Waals surface area contributed by atoms with Gasteiger partial charge in [-0.15, -0.1) is 0 Å². The molecule has 0 unspecified atom stereocenters.